The highest BCUT2D eigenvalue weighted by molar-refractivity contribution is 7.17. The number of hydrogen-bond donors (Lipinski definition) is 1. The Hall–Kier alpha value is -3.45. The van der Waals surface area contributed by atoms with Crippen molar-refractivity contribution >= 4 is 27.5 Å². The van der Waals surface area contributed by atoms with Crippen LogP contribution in [0, 0.1) is 0 Å². The van der Waals surface area contributed by atoms with Gasteiger partial charge >= 0.3 is 5.97 Å². The van der Waals surface area contributed by atoms with Gasteiger partial charge in [-0.3, -0.25) is 9.36 Å². The molecule has 0 amide bonds. The SMILES string of the molecule is COc1ccc(-c2csc3ncn(Cc4ccc(C(=O)O)cc4)c(=O)c23)cc1. The van der Waals surface area contributed by atoms with Gasteiger partial charge in [0, 0.05) is 10.9 Å². The summed E-state index contributed by atoms with van der Waals surface area (Å²) in [7, 11) is 1.61. The smallest absolute Gasteiger partial charge is 0.335 e. The molecule has 2 aromatic heterocycles. The zero-order valence-electron chi connectivity index (χ0n) is 15.0. The highest BCUT2D eigenvalue weighted by atomic mass is 32.1. The first-order valence-corrected chi connectivity index (χ1v) is 9.38. The molecule has 0 radical (unpaired) electrons. The fourth-order valence-electron chi connectivity index (χ4n) is 3.01. The topological polar surface area (TPSA) is 81.4 Å². The van der Waals surface area contributed by atoms with Crippen LogP contribution in [-0.2, 0) is 6.54 Å². The molecule has 140 valence electrons. The van der Waals surface area contributed by atoms with Gasteiger partial charge in [0.2, 0.25) is 0 Å². The van der Waals surface area contributed by atoms with E-state index in [1.165, 1.54) is 34.4 Å². The molecule has 0 saturated carbocycles. The second-order valence-corrected chi connectivity index (χ2v) is 7.10. The predicted octanol–water partition coefficient (Wildman–Crippen LogP) is 3.88. The zero-order chi connectivity index (χ0) is 19.7. The number of fused-ring (bicyclic) bond motifs is 1. The average Bonchev–Trinajstić information content (AvgIpc) is 3.15. The maximum Gasteiger partial charge on any atom is 0.335 e. The van der Waals surface area contributed by atoms with Crippen molar-refractivity contribution in [1.29, 1.82) is 0 Å². The maximum absolute atomic E-state index is 13.1. The van der Waals surface area contributed by atoms with Crippen LogP contribution in [0.15, 0.2) is 65.0 Å². The Bertz CT molecular complexity index is 1210. The van der Waals surface area contributed by atoms with E-state index in [1.807, 2.05) is 29.6 Å². The van der Waals surface area contributed by atoms with E-state index in [-0.39, 0.29) is 11.1 Å². The molecular weight excluding hydrogens is 376 g/mol. The van der Waals surface area contributed by atoms with Crippen LogP contribution in [0.25, 0.3) is 21.3 Å². The molecule has 2 heterocycles. The Morgan fingerprint density at radius 3 is 2.50 bits per heavy atom. The Morgan fingerprint density at radius 1 is 1.14 bits per heavy atom. The van der Waals surface area contributed by atoms with Crippen LogP contribution in [0.4, 0.5) is 0 Å². The zero-order valence-corrected chi connectivity index (χ0v) is 15.8. The quantitative estimate of drug-likeness (QED) is 0.557. The lowest BCUT2D eigenvalue weighted by atomic mass is 10.1. The van der Waals surface area contributed by atoms with Crippen molar-refractivity contribution in [3.63, 3.8) is 0 Å². The highest BCUT2D eigenvalue weighted by Gasteiger charge is 2.14. The number of rotatable bonds is 5. The summed E-state index contributed by atoms with van der Waals surface area (Å²) < 4.78 is 6.73. The third kappa shape index (κ3) is 3.27. The molecule has 0 aliphatic carbocycles. The molecule has 0 spiro atoms. The molecule has 28 heavy (non-hydrogen) atoms. The lowest BCUT2D eigenvalue weighted by Gasteiger charge is -2.07. The van der Waals surface area contributed by atoms with Crippen molar-refractivity contribution in [2.75, 3.05) is 7.11 Å². The molecule has 0 atom stereocenters. The summed E-state index contributed by atoms with van der Waals surface area (Å²) in [4.78, 5) is 29.2. The number of ether oxygens (including phenoxy) is 1. The number of carboxylic acids is 1. The van der Waals surface area contributed by atoms with Gasteiger partial charge in [-0.05, 0) is 35.4 Å². The van der Waals surface area contributed by atoms with E-state index in [0.29, 0.717) is 16.8 Å². The van der Waals surface area contributed by atoms with E-state index < -0.39 is 5.97 Å². The summed E-state index contributed by atoms with van der Waals surface area (Å²) in [6.45, 7) is 0.319. The van der Waals surface area contributed by atoms with Gasteiger partial charge in [0.15, 0.2) is 0 Å². The summed E-state index contributed by atoms with van der Waals surface area (Å²) in [5.74, 6) is -0.224. The van der Waals surface area contributed by atoms with Gasteiger partial charge in [-0.2, -0.15) is 0 Å². The van der Waals surface area contributed by atoms with Gasteiger partial charge < -0.3 is 9.84 Å². The van der Waals surface area contributed by atoms with E-state index >= 15 is 0 Å². The first kappa shape index (κ1) is 17.9. The highest BCUT2D eigenvalue weighted by Crippen LogP contribution is 2.31. The standard InChI is InChI=1S/C21H16N2O4S/c1-27-16-8-6-14(7-9-16)17-11-28-19-18(17)20(24)23(12-22-19)10-13-2-4-15(5-3-13)21(25)26/h2-9,11-12H,10H2,1H3,(H,25,26). The first-order valence-electron chi connectivity index (χ1n) is 8.50. The second kappa shape index (κ2) is 7.28. The van der Waals surface area contributed by atoms with Crippen LogP contribution < -0.4 is 10.3 Å². The molecule has 6 nitrogen and oxygen atoms in total. The van der Waals surface area contributed by atoms with Crippen molar-refractivity contribution < 1.29 is 14.6 Å². The number of carboxylic acid groups (broad SMARTS) is 1. The van der Waals surface area contributed by atoms with Crippen molar-refractivity contribution in [3.8, 4) is 16.9 Å². The fraction of sp³-hybridized carbons (Fsp3) is 0.0952. The Morgan fingerprint density at radius 2 is 1.86 bits per heavy atom. The third-order valence-corrected chi connectivity index (χ3v) is 5.40. The molecule has 0 aliphatic heterocycles. The summed E-state index contributed by atoms with van der Waals surface area (Å²) in [6, 6.07) is 14.0. The minimum atomic E-state index is -0.978. The number of carbonyl (C=O) groups is 1. The minimum Gasteiger partial charge on any atom is -0.497 e. The number of hydrogen-bond acceptors (Lipinski definition) is 5. The third-order valence-electron chi connectivity index (χ3n) is 4.52. The average molecular weight is 392 g/mol. The Labute approximate surface area is 164 Å². The molecule has 0 fully saturated rings. The first-order chi connectivity index (χ1) is 13.6. The summed E-state index contributed by atoms with van der Waals surface area (Å²) in [6.07, 6.45) is 1.53. The molecule has 7 heteroatoms. The van der Waals surface area contributed by atoms with Crippen LogP contribution in [-0.4, -0.2) is 27.7 Å². The fourth-order valence-corrected chi connectivity index (χ4v) is 3.92. The molecular formula is C21H16N2O4S. The summed E-state index contributed by atoms with van der Waals surface area (Å²) >= 11 is 1.43. The molecule has 0 aliphatic rings. The Balaban J connectivity index is 1.73. The number of methoxy groups -OCH3 is 1. The van der Waals surface area contributed by atoms with Gasteiger partial charge in [-0.1, -0.05) is 24.3 Å². The molecule has 0 bridgehead atoms. The van der Waals surface area contributed by atoms with Gasteiger partial charge in [0.1, 0.15) is 10.6 Å². The predicted molar refractivity (Wildman–Crippen MR) is 108 cm³/mol. The number of nitrogens with zero attached hydrogens (tertiary/aromatic N) is 2. The molecule has 0 saturated heterocycles. The summed E-state index contributed by atoms with van der Waals surface area (Å²) in [5.41, 5.74) is 2.68. The lowest BCUT2D eigenvalue weighted by Crippen LogP contribution is -2.21. The van der Waals surface area contributed by atoms with Crippen LogP contribution in [0.1, 0.15) is 15.9 Å². The lowest BCUT2D eigenvalue weighted by molar-refractivity contribution is 0.0697. The van der Waals surface area contributed by atoms with Crippen LogP contribution in [0.3, 0.4) is 0 Å². The van der Waals surface area contributed by atoms with Gasteiger partial charge in [-0.15, -0.1) is 11.3 Å². The van der Waals surface area contributed by atoms with E-state index in [9.17, 15) is 9.59 Å². The normalized spacial score (nSPS) is 10.9. The van der Waals surface area contributed by atoms with Crippen LogP contribution >= 0.6 is 11.3 Å². The van der Waals surface area contributed by atoms with E-state index in [0.717, 1.165) is 22.4 Å². The Kier molecular flexibility index (Phi) is 4.67. The number of benzene rings is 2. The molecule has 4 aromatic rings. The number of aromatic carboxylic acids is 1. The maximum atomic E-state index is 13.1. The monoisotopic (exact) mass is 392 g/mol. The van der Waals surface area contributed by atoms with Crippen LogP contribution in [0.5, 0.6) is 5.75 Å². The summed E-state index contributed by atoms with van der Waals surface area (Å²) in [5, 5.41) is 11.5. The van der Waals surface area contributed by atoms with E-state index in [4.69, 9.17) is 9.84 Å². The molecule has 2 aromatic carbocycles. The van der Waals surface area contributed by atoms with Crippen molar-refractivity contribution in [2.45, 2.75) is 6.54 Å². The van der Waals surface area contributed by atoms with Crippen molar-refractivity contribution in [2.24, 2.45) is 0 Å². The van der Waals surface area contributed by atoms with Crippen molar-refractivity contribution in [1.82, 2.24) is 9.55 Å². The number of thiophene rings is 1. The van der Waals surface area contributed by atoms with Crippen LogP contribution in [0.2, 0.25) is 0 Å². The van der Waals surface area contributed by atoms with Gasteiger partial charge in [-0.25, -0.2) is 9.78 Å². The molecule has 0 unspecified atom stereocenters. The van der Waals surface area contributed by atoms with Gasteiger partial charge in [0.25, 0.3) is 5.56 Å². The largest absolute Gasteiger partial charge is 0.497 e. The number of aromatic nitrogens is 2. The van der Waals surface area contributed by atoms with Crippen molar-refractivity contribution in [3.05, 3.63) is 81.7 Å². The second-order valence-electron chi connectivity index (χ2n) is 6.24. The van der Waals surface area contributed by atoms with Gasteiger partial charge in [0.05, 0.1) is 30.9 Å². The molecule has 1 N–H and O–H groups in total. The minimum absolute atomic E-state index is 0.126. The van der Waals surface area contributed by atoms with E-state index in [1.54, 1.807) is 19.2 Å². The molecule has 4 rings (SSSR count). The van der Waals surface area contributed by atoms with E-state index in [2.05, 4.69) is 4.98 Å².